The van der Waals surface area contributed by atoms with Crippen molar-refractivity contribution in [3.05, 3.63) is 28.6 Å². The van der Waals surface area contributed by atoms with Crippen molar-refractivity contribution in [1.82, 2.24) is 0 Å². The van der Waals surface area contributed by atoms with E-state index in [1.807, 2.05) is 6.92 Å². The standard InChI is InChI=1S/C13H22N4O4/c1-3-4-5-10(2)9-14-15-12-7-6-11(16(18)19)8-13(12)17(20)21/h6-10,15-18,20H,3-5H2,1-2H3/t10-/m1/s1. The van der Waals surface area contributed by atoms with E-state index in [-0.39, 0.29) is 17.1 Å². The minimum Gasteiger partial charge on any atom is -0.595 e. The van der Waals surface area contributed by atoms with Gasteiger partial charge in [0.05, 0.1) is 6.07 Å². The average molecular weight is 298 g/mol. The molecule has 0 fully saturated rings. The van der Waals surface area contributed by atoms with Crippen LogP contribution in [-0.4, -0.2) is 16.6 Å². The van der Waals surface area contributed by atoms with Gasteiger partial charge in [0, 0.05) is 12.3 Å². The van der Waals surface area contributed by atoms with Crippen molar-refractivity contribution in [1.29, 1.82) is 0 Å². The minimum absolute atomic E-state index is 0.0711. The second kappa shape index (κ2) is 8.67. The van der Waals surface area contributed by atoms with Gasteiger partial charge < -0.3 is 10.4 Å². The molecule has 0 saturated carbocycles. The van der Waals surface area contributed by atoms with Gasteiger partial charge in [-0.05, 0) is 18.4 Å². The van der Waals surface area contributed by atoms with Crippen LogP contribution < -0.4 is 15.9 Å². The van der Waals surface area contributed by atoms with Crippen LogP contribution in [0.5, 0.6) is 0 Å². The number of anilines is 1. The van der Waals surface area contributed by atoms with Crippen molar-refractivity contribution in [3.8, 4) is 0 Å². The molecule has 0 amide bonds. The van der Waals surface area contributed by atoms with Crippen LogP contribution in [0.15, 0.2) is 23.3 Å². The van der Waals surface area contributed by atoms with Crippen LogP contribution >= 0.6 is 0 Å². The van der Waals surface area contributed by atoms with Gasteiger partial charge in [-0.25, -0.2) is 10.4 Å². The Morgan fingerprint density at radius 2 is 2.05 bits per heavy atom. The zero-order chi connectivity index (χ0) is 15.8. The number of rotatable bonds is 8. The van der Waals surface area contributed by atoms with Crippen molar-refractivity contribution in [2.24, 2.45) is 11.0 Å². The van der Waals surface area contributed by atoms with Gasteiger partial charge in [0.25, 0.3) is 0 Å². The van der Waals surface area contributed by atoms with E-state index in [0.717, 1.165) is 25.3 Å². The topological polar surface area (TPSA) is 120 Å². The molecule has 0 aromatic heterocycles. The maximum absolute atomic E-state index is 11.2. The summed E-state index contributed by atoms with van der Waals surface area (Å²) in [4.78, 5) is 0. The summed E-state index contributed by atoms with van der Waals surface area (Å²) in [5.41, 5.74) is 2.75. The number of hydrogen-bond donors (Lipinski definition) is 5. The molecular weight excluding hydrogens is 276 g/mol. The SMILES string of the molecule is CCCC[C@@H](C)C=NNc1ccc([NH+]([O-])O)cc1[NH+]([O-])O. The van der Waals surface area contributed by atoms with Crippen LogP contribution in [0.3, 0.4) is 0 Å². The largest absolute Gasteiger partial charge is 0.595 e. The molecule has 2 unspecified atom stereocenters. The fourth-order valence-electron chi connectivity index (χ4n) is 1.79. The summed E-state index contributed by atoms with van der Waals surface area (Å²) in [5.74, 6) is 0.295. The summed E-state index contributed by atoms with van der Waals surface area (Å²) in [7, 11) is 0. The molecular formula is C13H22N4O4. The monoisotopic (exact) mass is 298 g/mol. The minimum atomic E-state index is -1.20. The highest BCUT2D eigenvalue weighted by atomic mass is 16.8. The Bertz CT molecular complexity index is 465. The van der Waals surface area contributed by atoms with Crippen molar-refractivity contribution < 1.29 is 20.9 Å². The van der Waals surface area contributed by atoms with Gasteiger partial charge in [0.1, 0.15) is 5.69 Å². The van der Waals surface area contributed by atoms with Gasteiger partial charge in [0.2, 0.25) is 0 Å². The highest BCUT2D eigenvalue weighted by molar-refractivity contribution is 5.67. The van der Waals surface area contributed by atoms with Crippen LogP contribution in [0, 0.1) is 16.3 Å². The molecule has 21 heavy (non-hydrogen) atoms. The van der Waals surface area contributed by atoms with Gasteiger partial charge in [-0.15, -0.1) is 0 Å². The number of unbranched alkanes of at least 4 members (excludes halogenated alkanes) is 1. The van der Waals surface area contributed by atoms with E-state index in [2.05, 4.69) is 17.5 Å². The normalized spacial score (nSPS) is 15.9. The summed E-state index contributed by atoms with van der Waals surface area (Å²) in [6.07, 6.45) is 4.98. The molecule has 0 heterocycles. The molecule has 3 atom stereocenters. The first-order valence-corrected chi connectivity index (χ1v) is 6.85. The predicted octanol–water partition coefficient (Wildman–Crippen LogP) is 0.717. The summed E-state index contributed by atoms with van der Waals surface area (Å²) in [6.45, 7) is 4.15. The molecule has 0 bridgehead atoms. The highest BCUT2D eigenvalue weighted by Gasteiger charge is 2.13. The van der Waals surface area contributed by atoms with Crippen LogP contribution in [0.2, 0.25) is 0 Å². The molecule has 0 radical (unpaired) electrons. The molecule has 5 N–H and O–H groups in total. The van der Waals surface area contributed by atoms with E-state index in [9.17, 15) is 10.4 Å². The molecule has 1 aromatic rings. The Kier molecular flexibility index (Phi) is 7.23. The number of benzene rings is 1. The molecule has 0 aliphatic heterocycles. The molecule has 0 aliphatic carbocycles. The smallest absolute Gasteiger partial charge is 0.195 e. The Labute approximate surface area is 123 Å². The number of hydrazone groups is 1. The molecule has 0 aliphatic rings. The molecule has 8 nitrogen and oxygen atoms in total. The lowest BCUT2D eigenvalue weighted by Gasteiger charge is -2.18. The number of nitrogens with one attached hydrogen (secondary N) is 3. The average Bonchev–Trinajstić information content (AvgIpc) is 2.44. The van der Waals surface area contributed by atoms with E-state index in [1.165, 1.54) is 12.1 Å². The molecule has 118 valence electrons. The lowest BCUT2D eigenvalue weighted by molar-refractivity contribution is -0.996. The summed E-state index contributed by atoms with van der Waals surface area (Å²) in [6, 6.07) is 3.86. The van der Waals surface area contributed by atoms with Gasteiger partial charge >= 0.3 is 0 Å². The Morgan fingerprint density at radius 1 is 1.33 bits per heavy atom. The maximum atomic E-state index is 11.2. The zero-order valence-electron chi connectivity index (χ0n) is 12.2. The Morgan fingerprint density at radius 3 is 2.62 bits per heavy atom. The van der Waals surface area contributed by atoms with Crippen molar-refractivity contribution >= 4 is 23.3 Å². The van der Waals surface area contributed by atoms with Crippen LogP contribution in [0.25, 0.3) is 0 Å². The predicted molar refractivity (Wildman–Crippen MR) is 78.8 cm³/mol. The summed E-state index contributed by atoms with van der Waals surface area (Å²) < 4.78 is 0. The van der Waals surface area contributed by atoms with Crippen LogP contribution in [0.1, 0.15) is 33.1 Å². The fraction of sp³-hybridized carbons (Fsp3) is 0.462. The third-order valence-electron chi connectivity index (χ3n) is 3.02. The first kappa shape index (κ1) is 17.5. The second-order valence-electron chi connectivity index (χ2n) is 4.88. The van der Waals surface area contributed by atoms with Gasteiger partial charge in [0.15, 0.2) is 11.4 Å². The van der Waals surface area contributed by atoms with E-state index in [0.29, 0.717) is 5.92 Å². The first-order chi connectivity index (χ1) is 9.95. The van der Waals surface area contributed by atoms with E-state index in [4.69, 9.17) is 10.4 Å². The fourth-order valence-corrected chi connectivity index (χ4v) is 1.79. The van der Waals surface area contributed by atoms with E-state index < -0.39 is 10.5 Å². The summed E-state index contributed by atoms with van der Waals surface area (Å²) >= 11 is 0. The molecule has 0 saturated heterocycles. The Balaban J connectivity index is 2.76. The lowest BCUT2D eigenvalue weighted by Crippen LogP contribution is -3.00. The van der Waals surface area contributed by atoms with Crippen LogP contribution in [-0.2, 0) is 0 Å². The number of hydrogen-bond acceptors (Lipinski definition) is 6. The van der Waals surface area contributed by atoms with Crippen molar-refractivity contribution in [2.45, 2.75) is 33.1 Å². The van der Waals surface area contributed by atoms with Crippen LogP contribution in [0.4, 0.5) is 17.1 Å². The maximum Gasteiger partial charge on any atom is 0.195 e. The van der Waals surface area contributed by atoms with Crippen molar-refractivity contribution in [2.75, 3.05) is 5.43 Å². The number of nitrogens with zero attached hydrogens (tertiary/aromatic N) is 1. The highest BCUT2D eigenvalue weighted by Crippen LogP contribution is 2.20. The van der Waals surface area contributed by atoms with E-state index in [1.54, 1.807) is 6.21 Å². The van der Waals surface area contributed by atoms with Gasteiger partial charge in [-0.2, -0.15) is 15.6 Å². The zero-order valence-corrected chi connectivity index (χ0v) is 12.2. The lowest BCUT2D eigenvalue weighted by atomic mass is 10.1. The third kappa shape index (κ3) is 5.76. The summed E-state index contributed by atoms with van der Waals surface area (Å²) in [5, 5.41) is 41.6. The number of quaternary nitrogens is 2. The molecule has 0 spiro atoms. The molecule has 8 heteroatoms. The van der Waals surface area contributed by atoms with Gasteiger partial charge in [-0.3, -0.25) is 5.43 Å². The van der Waals surface area contributed by atoms with Crippen molar-refractivity contribution in [3.63, 3.8) is 0 Å². The molecule has 1 rings (SSSR count). The third-order valence-corrected chi connectivity index (χ3v) is 3.02. The second-order valence-corrected chi connectivity index (χ2v) is 4.88. The quantitative estimate of drug-likeness (QED) is 0.358. The van der Waals surface area contributed by atoms with E-state index >= 15 is 0 Å². The first-order valence-electron chi connectivity index (χ1n) is 6.85. The van der Waals surface area contributed by atoms with Gasteiger partial charge in [-0.1, -0.05) is 26.7 Å². The Hall–Kier alpha value is -1.55. The molecule has 1 aromatic carbocycles.